The summed E-state index contributed by atoms with van der Waals surface area (Å²) in [5.74, 6) is 0.328. The first-order valence-electron chi connectivity index (χ1n) is 10.5. The van der Waals surface area contributed by atoms with E-state index in [-0.39, 0.29) is 11.7 Å². The number of aliphatic imine (C=N–C) groups is 1. The number of amides is 1. The van der Waals surface area contributed by atoms with Crippen LogP contribution < -0.4 is 4.74 Å². The first-order chi connectivity index (χ1) is 16.1. The summed E-state index contributed by atoms with van der Waals surface area (Å²) in [6.07, 6.45) is 4.02. The quantitative estimate of drug-likeness (QED) is 0.353. The van der Waals surface area contributed by atoms with Gasteiger partial charge in [-0.1, -0.05) is 54.6 Å². The predicted octanol–water partition coefficient (Wildman–Crippen LogP) is 5.93. The highest BCUT2D eigenvalue weighted by molar-refractivity contribution is 8.18. The van der Waals surface area contributed by atoms with Gasteiger partial charge in [0.15, 0.2) is 16.7 Å². The Bertz CT molecular complexity index is 1220. The third-order valence-electron chi connectivity index (χ3n) is 5.11. The molecule has 1 saturated heterocycles. The number of thioether (sulfide) groups is 1. The predicted molar refractivity (Wildman–Crippen MR) is 135 cm³/mol. The van der Waals surface area contributed by atoms with Gasteiger partial charge in [-0.15, -0.1) is 6.58 Å². The highest BCUT2D eigenvalue weighted by atomic mass is 32.2. The number of benzene rings is 3. The van der Waals surface area contributed by atoms with Crippen molar-refractivity contribution in [3.05, 3.63) is 107 Å². The molecule has 3 aromatic rings. The highest BCUT2D eigenvalue weighted by Gasteiger charge is 2.33. The van der Waals surface area contributed by atoms with Crippen LogP contribution in [0.3, 0.4) is 0 Å². The van der Waals surface area contributed by atoms with Crippen LogP contribution in [0.1, 0.15) is 16.7 Å². The smallest absolute Gasteiger partial charge is 0.267 e. The number of rotatable bonds is 7. The van der Waals surface area contributed by atoms with Gasteiger partial charge in [0.25, 0.3) is 5.91 Å². The van der Waals surface area contributed by atoms with E-state index in [4.69, 9.17) is 9.73 Å². The Morgan fingerprint density at radius 3 is 2.45 bits per heavy atom. The Hall–Kier alpha value is -3.77. The van der Waals surface area contributed by atoms with Crippen molar-refractivity contribution in [2.24, 2.45) is 4.99 Å². The number of hydrogen-bond donors (Lipinski definition) is 1. The number of para-hydroxylation sites is 1. The van der Waals surface area contributed by atoms with Crippen LogP contribution in [0.2, 0.25) is 0 Å². The maximum atomic E-state index is 13.4. The lowest BCUT2D eigenvalue weighted by Crippen LogP contribution is -2.28. The highest BCUT2D eigenvalue weighted by Crippen LogP contribution is 2.37. The van der Waals surface area contributed by atoms with Gasteiger partial charge in [0.05, 0.1) is 24.2 Å². The minimum atomic E-state index is -0.115. The number of nitrogens with zero attached hydrogens (tertiary/aromatic N) is 2. The van der Waals surface area contributed by atoms with Crippen molar-refractivity contribution in [1.82, 2.24) is 4.90 Å². The second-order valence-electron chi connectivity index (χ2n) is 7.44. The SMILES string of the molecule is C=CCc1cc(/C=C2/SC(=Nc3ccccc3)N(Cc3ccccc3)C2=O)cc(OC)c1O. The minimum absolute atomic E-state index is 0.0852. The molecule has 1 aliphatic rings. The zero-order valence-corrected chi connectivity index (χ0v) is 19.1. The summed E-state index contributed by atoms with van der Waals surface area (Å²) in [4.78, 5) is 20.4. The van der Waals surface area contributed by atoms with Gasteiger partial charge >= 0.3 is 0 Å². The van der Waals surface area contributed by atoms with E-state index in [0.717, 1.165) is 16.8 Å². The second-order valence-corrected chi connectivity index (χ2v) is 8.45. The average molecular weight is 457 g/mol. The fraction of sp³-hybridized carbons (Fsp3) is 0.111. The number of aromatic hydroxyl groups is 1. The number of phenolic OH excluding ortho intramolecular Hbond substituents is 1. The van der Waals surface area contributed by atoms with Crippen LogP contribution >= 0.6 is 11.8 Å². The number of hydrogen-bond acceptors (Lipinski definition) is 5. The molecule has 0 bridgehead atoms. The van der Waals surface area contributed by atoms with E-state index < -0.39 is 0 Å². The lowest BCUT2D eigenvalue weighted by molar-refractivity contribution is -0.122. The Kier molecular flexibility index (Phi) is 6.95. The van der Waals surface area contributed by atoms with Crippen molar-refractivity contribution in [1.29, 1.82) is 0 Å². The molecule has 1 N–H and O–H groups in total. The van der Waals surface area contributed by atoms with Gasteiger partial charge in [-0.2, -0.15) is 0 Å². The number of ether oxygens (including phenoxy) is 1. The molecule has 0 saturated carbocycles. The van der Waals surface area contributed by atoms with Crippen molar-refractivity contribution >= 4 is 34.6 Å². The van der Waals surface area contributed by atoms with Crippen LogP contribution in [-0.4, -0.2) is 28.2 Å². The molecular weight excluding hydrogens is 432 g/mol. The largest absolute Gasteiger partial charge is 0.504 e. The average Bonchev–Trinajstić information content (AvgIpc) is 3.11. The monoisotopic (exact) mass is 456 g/mol. The molecule has 1 aliphatic heterocycles. The van der Waals surface area contributed by atoms with Gasteiger partial charge in [0.1, 0.15) is 0 Å². The summed E-state index contributed by atoms with van der Waals surface area (Å²) in [6.45, 7) is 4.18. The van der Waals surface area contributed by atoms with Crippen molar-refractivity contribution in [2.75, 3.05) is 7.11 Å². The zero-order valence-electron chi connectivity index (χ0n) is 18.3. The summed E-state index contributed by atoms with van der Waals surface area (Å²) >= 11 is 1.34. The van der Waals surface area contributed by atoms with Crippen LogP contribution in [0.5, 0.6) is 11.5 Å². The molecule has 4 rings (SSSR count). The van der Waals surface area contributed by atoms with Crippen molar-refractivity contribution in [3.8, 4) is 11.5 Å². The number of amidine groups is 1. The van der Waals surface area contributed by atoms with Gasteiger partial charge < -0.3 is 9.84 Å². The van der Waals surface area contributed by atoms with Crippen molar-refractivity contribution < 1.29 is 14.6 Å². The molecule has 6 heteroatoms. The van der Waals surface area contributed by atoms with Crippen molar-refractivity contribution in [3.63, 3.8) is 0 Å². The van der Waals surface area contributed by atoms with E-state index in [2.05, 4.69) is 6.58 Å². The van der Waals surface area contributed by atoms with E-state index in [1.54, 1.807) is 17.0 Å². The number of phenols is 1. The standard InChI is InChI=1S/C27H24N2O3S/c1-3-10-21-15-20(16-23(32-2)25(21)30)17-24-26(31)29(18-19-11-6-4-7-12-19)27(33-24)28-22-13-8-5-9-14-22/h3-9,11-17,30H,1,10,18H2,2H3/b24-17+,28-27?. The van der Waals surface area contributed by atoms with E-state index in [0.29, 0.717) is 34.4 Å². The number of methoxy groups -OCH3 is 1. The zero-order chi connectivity index (χ0) is 23.2. The molecule has 0 radical (unpaired) electrons. The van der Waals surface area contributed by atoms with E-state index in [9.17, 15) is 9.90 Å². The molecule has 0 aromatic heterocycles. The third kappa shape index (κ3) is 5.18. The van der Waals surface area contributed by atoms with Crippen LogP contribution in [0.25, 0.3) is 6.08 Å². The maximum absolute atomic E-state index is 13.4. The number of allylic oxidation sites excluding steroid dienone is 1. The summed E-state index contributed by atoms with van der Waals surface area (Å²) in [7, 11) is 1.51. The topological polar surface area (TPSA) is 62.1 Å². The Labute approximate surface area is 197 Å². The normalized spacial score (nSPS) is 15.9. The van der Waals surface area contributed by atoms with Gasteiger partial charge in [-0.05, 0) is 59.7 Å². The molecule has 3 aromatic carbocycles. The van der Waals surface area contributed by atoms with Gasteiger partial charge in [-0.3, -0.25) is 9.69 Å². The fourth-order valence-corrected chi connectivity index (χ4v) is 4.50. The van der Waals surface area contributed by atoms with E-state index in [1.165, 1.54) is 18.9 Å². The lowest BCUT2D eigenvalue weighted by atomic mass is 10.1. The van der Waals surface area contributed by atoms with Crippen LogP contribution in [0.15, 0.2) is 95.3 Å². The lowest BCUT2D eigenvalue weighted by Gasteiger charge is -2.15. The summed E-state index contributed by atoms with van der Waals surface area (Å²) < 4.78 is 5.32. The molecule has 1 heterocycles. The molecule has 166 valence electrons. The Morgan fingerprint density at radius 2 is 1.79 bits per heavy atom. The molecule has 5 nitrogen and oxygen atoms in total. The van der Waals surface area contributed by atoms with Crippen molar-refractivity contribution in [2.45, 2.75) is 13.0 Å². The molecule has 0 atom stereocenters. The Balaban J connectivity index is 1.73. The first-order valence-corrected chi connectivity index (χ1v) is 11.3. The summed E-state index contributed by atoms with van der Waals surface area (Å²) in [5, 5.41) is 11.0. The Morgan fingerprint density at radius 1 is 1.09 bits per heavy atom. The van der Waals surface area contributed by atoms with E-state index >= 15 is 0 Å². The number of carbonyl (C=O) groups excluding carboxylic acids is 1. The minimum Gasteiger partial charge on any atom is -0.504 e. The molecule has 1 amide bonds. The summed E-state index contributed by atoms with van der Waals surface area (Å²) in [5.41, 5.74) is 3.25. The van der Waals surface area contributed by atoms with Gasteiger partial charge in [0, 0.05) is 5.56 Å². The fourth-order valence-electron chi connectivity index (χ4n) is 3.50. The molecule has 0 spiro atoms. The van der Waals surface area contributed by atoms with Gasteiger partial charge in [0.2, 0.25) is 0 Å². The molecular formula is C27H24N2O3S. The van der Waals surface area contributed by atoms with E-state index in [1.807, 2.05) is 72.8 Å². The molecule has 1 fully saturated rings. The molecule has 33 heavy (non-hydrogen) atoms. The van der Waals surface area contributed by atoms with Gasteiger partial charge in [-0.25, -0.2) is 4.99 Å². The van der Waals surface area contributed by atoms with Crippen LogP contribution in [0, 0.1) is 0 Å². The molecule has 0 aliphatic carbocycles. The second kappa shape index (κ2) is 10.2. The first kappa shape index (κ1) is 22.4. The van der Waals surface area contributed by atoms with Crippen LogP contribution in [-0.2, 0) is 17.8 Å². The summed E-state index contributed by atoms with van der Waals surface area (Å²) in [6, 6.07) is 23.0. The maximum Gasteiger partial charge on any atom is 0.267 e. The van der Waals surface area contributed by atoms with Crippen LogP contribution in [0.4, 0.5) is 5.69 Å². The number of carbonyl (C=O) groups is 1. The third-order valence-corrected chi connectivity index (χ3v) is 6.12. The molecule has 0 unspecified atom stereocenters.